The van der Waals surface area contributed by atoms with Crippen LogP contribution in [0.4, 0.5) is 4.79 Å². The van der Waals surface area contributed by atoms with Gasteiger partial charge in [0.2, 0.25) is 0 Å². The van der Waals surface area contributed by atoms with Crippen LogP contribution < -0.4 is 0 Å². The van der Waals surface area contributed by atoms with Crippen molar-refractivity contribution in [2.75, 3.05) is 7.05 Å². The fourth-order valence-corrected chi connectivity index (χ4v) is 0.904. The third-order valence-electron chi connectivity index (χ3n) is 1.81. The minimum absolute atomic E-state index is 0.0876. The van der Waals surface area contributed by atoms with Gasteiger partial charge < -0.3 is 14.7 Å². The zero-order valence-electron chi connectivity index (χ0n) is 9.90. The second-order valence-corrected chi connectivity index (χ2v) is 4.54. The van der Waals surface area contributed by atoms with Crippen LogP contribution in [0, 0.1) is 0 Å². The fraction of sp³-hybridized carbons (Fsp3) is 0.800. The van der Waals surface area contributed by atoms with Crippen LogP contribution in [-0.2, 0) is 9.53 Å². The molecular formula is C10H19NO4. The SMILES string of the molecule is C[C@@H](CC(=O)O)N(C)C(=O)OC(C)(C)C. The molecule has 1 amide bonds. The van der Waals surface area contributed by atoms with Gasteiger partial charge in [-0.25, -0.2) is 4.79 Å². The van der Waals surface area contributed by atoms with Gasteiger partial charge in [0.1, 0.15) is 5.60 Å². The minimum Gasteiger partial charge on any atom is -0.481 e. The predicted molar refractivity (Wildman–Crippen MR) is 55.7 cm³/mol. The molecule has 0 heterocycles. The largest absolute Gasteiger partial charge is 0.481 e. The number of carboxylic acids is 1. The first-order valence-electron chi connectivity index (χ1n) is 4.81. The van der Waals surface area contributed by atoms with Gasteiger partial charge in [-0.05, 0) is 27.7 Å². The molecule has 0 aliphatic heterocycles. The third kappa shape index (κ3) is 5.93. The van der Waals surface area contributed by atoms with Crippen molar-refractivity contribution in [1.82, 2.24) is 4.90 Å². The molecule has 88 valence electrons. The average molecular weight is 217 g/mol. The van der Waals surface area contributed by atoms with E-state index in [9.17, 15) is 9.59 Å². The Labute approximate surface area is 90.0 Å². The number of amides is 1. The molecule has 1 N–H and O–H groups in total. The van der Waals surface area contributed by atoms with Gasteiger partial charge in [0, 0.05) is 13.1 Å². The number of nitrogens with zero attached hydrogens (tertiary/aromatic N) is 1. The molecule has 1 atom stereocenters. The van der Waals surface area contributed by atoms with Gasteiger partial charge in [-0.2, -0.15) is 0 Å². The highest BCUT2D eigenvalue weighted by Gasteiger charge is 2.23. The standard InChI is InChI=1S/C10H19NO4/c1-7(6-8(12)13)11(5)9(14)15-10(2,3)4/h7H,6H2,1-5H3,(H,12,13)/t7-/m0/s1. The smallest absolute Gasteiger partial charge is 0.410 e. The van der Waals surface area contributed by atoms with Crippen LogP contribution in [0.2, 0.25) is 0 Å². The highest BCUT2D eigenvalue weighted by molar-refractivity contribution is 5.71. The Kier molecular flexibility index (Phi) is 4.58. The van der Waals surface area contributed by atoms with E-state index >= 15 is 0 Å². The first-order chi connectivity index (χ1) is 6.63. The van der Waals surface area contributed by atoms with Gasteiger partial charge in [0.25, 0.3) is 0 Å². The Balaban J connectivity index is 4.25. The number of carbonyl (C=O) groups is 2. The number of hydrogen-bond donors (Lipinski definition) is 1. The maximum atomic E-state index is 11.5. The van der Waals surface area contributed by atoms with E-state index in [4.69, 9.17) is 9.84 Å². The maximum Gasteiger partial charge on any atom is 0.410 e. The molecule has 0 aliphatic rings. The Morgan fingerprint density at radius 1 is 1.40 bits per heavy atom. The molecule has 0 aromatic rings. The number of hydrogen-bond acceptors (Lipinski definition) is 3. The Hall–Kier alpha value is -1.26. The lowest BCUT2D eigenvalue weighted by atomic mass is 10.2. The van der Waals surface area contributed by atoms with Crippen molar-refractivity contribution in [1.29, 1.82) is 0 Å². The lowest BCUT2D eigenvalue weighted by Gasteiger charge is -2.27. The number of carbonyl (C=O) groups excluding carboxylic acids is 1. The zero-order chi connectivity index (χ0) is 12.2. The van der Waals surface area contributed by atoms with Crippen molar-refractivity contribution in [3.63, 3.8) is 0 Å². The molecule has 15 heavy (non-hydrogen) atoms. The topological polar surface area (TPSA) is 66.8 Å². The summed E-state index contributed by atoms with van der Waals surface area (Å²) in [6.45, 7) is 6.96. The van der Waals surface area contributed by atoms with E-state index in [1.807, 2.05) is 0 Å². The van der Waals surface area contributed by atoms with Crippen LogP contribution in [0.3, 0.4) is 0 Å². The van der Waals surface area contributed by atoms with Gasteiger partial charge >= 0.3 is 12.1 Å². The highest BCUT2D eigenvalue weighted by atomic mass is 16.6. The van der Waals surface area contributed by atoms with Crippen molar-refractivity contribution in [2.45, 2.75) is 45.8 Å². The first kappa shape index (κ1) is 13.7. The molecule has 0 aromatic carbocycles. The number of carboxylic acid groups (broad SMARTS) is 1. The summed E-state index contributed by atoms with van der Waals surface area (Å²) >= 11 is 0. The normalized spacial score (nSPS) is 13.1. The molecule has 0 unspecified atom stereocenters. The molecule has 0 bridgehead atoms. The second-order valence-electron chi connectivity index (χ2n) is 4.54. The molecule has 0 rings (SSSR count). The molecule has 0 aromatic heterocycles. The van der Waals surface area contributed by atoms with Gasteiger partial charge in [-0.1, -0.05) is 0 Å². The molecule has 0 spiro atoms. The van der Waals surface area contributed by atoms with Gasteiger partial charge in [0.15, 0.2) is 0 Å². The van der Waals surface area contributed by atoms with Gasteiger partial charge in [-0.3, -0.25) is 4.79 Å². The van der Waals surface area contributed by atoms with Crippen LogP contribution in [0.5, 0.6) is 0 Å². The lowest BCUT2D eigenvalue weighted by molar-refractivity contribution is -0.138. The van der Waals surface area contributed by atoms with Crippen molar-refractivity contribution in [3.8, 4) is 0 Å². The summed E-state index contributed by atoms with van der Waals surface area (Å²) in [4.78, 5) is 23.2. The van der Waals surface area contributed by atoms with E-state index in [1.165, 1.54) is 11.9 Å². The van der Waals surface area contributed by atoms with Crippen molar-refractivity contribution in [2.24, 2.45) is 0 Å². The second kappa shape index (κ2) is 5.00. The van der Waals surface area contributed by atoms with E-state index in [-0.39, 0.29) is 12.5 Å². The van der Waals surface area contributed by atoms with Crippen LogP contribution in [0.25, 0.3) is 0 Å². The molecule has 0 radical (unpaired) electrons. The van der Waals surface area contributed by atoms with Gasteiger partial charge in [-0.15, -0.1) is 0 Å². The summed E-state index contributed by atoms with van der Waals surface area (Å²) in [5.41, 5.74) is -0.561. The number of rotatable bonds is 3. The minimum atomic E-state index is -0.932. The summed E-state index contributed by atoms with van der Waals surface area (Å²) in [6.07, 6.45) is -0.591. The van der Waals surface area contributed by atoms with Crippen LogP contribution in [0.15, 0.2) is 0 Å². The maximum absolute atomic E-state index is 11.5. The molecule has 5 nitrogen and oxygen atoms in total. The summed E-state index contributed by atoms with van der Waals surface area (Å²) in [7, 11) is 1.53. The third-order valence-corrected chi connectivity index (χ3v) is 1.81. The summed E-state index contributed by atoms with van der Waals surface area (Å²) in [5.74, 6) is -0.932. The van der Waals surface area contributed by atoms with Crippen LogP contribution in [-0.4, -0.2) is 40.8 Å². The van der Waals surface area contributed by atoms with E-state index in [1.54, 1.807) is 27.7 Å². The molecule has 5 heteroatoms. The van der Waals surface area contributed by atoms with E-state index in [0.717, 1.165) is 0 Å². The van der Waals surface area contributed by atoms with Crippen molar-refractivity contribution < 1.29 is 19.4 Å². The quantitative estimate of drug-likeness (QED) is 0.781. The monoisotopic (exact) mass is 217 g/mol. The highest BCUT2D eigenvalue weighted by Crippen LogP contribution is 2.11. The van der Waals surface area contributed by atoms with E-state index < -0.39 is 17.7 Å². The Morgan fingerprint density at radius 3 is 2.20 bits per heavy atom. The summed E-state index contributed by atoms with van der Waals surface area (Å²) in [5, 5.41) is 8.57. The Morgan fingerprint density at radius 2 is 1.87 bits per heavy atom. The van der Waals surface area contributed by atoms with E-state index in [0.29, 0.717) is 0 Å². The molecule has 0 aliphatic carbocycles. The summed E-state index contributed by atoms with van der Waals surface area (Å²) in [6, 6.07) is -0.377. The molecule has 0 saturated carbocycles. The zero-order valence-corrected chi connectivity index (χ0v) is 9.90. The molecule has 0 fully saturated rings. The summed E-state index contributed by atoms with van der Waals surface area (Å²) < 4.78 is 5.10. The number of ether oxygens (including phenoxy) is 1. The van der Waals surface area contributed by atoms with Crippen LogP contribution in [0.1, 0.15) is 34.1 Å². The molecular weight excluding hydrogens is 198 g/mol. The fourth-order valence-electron chi connectivity index (χ4n) is 0.904. The lowest BCUT2D eigenvalue weighted by Crippen LogP contribution is -2.40. The average Bonchev–Trinajstić information content (AvgIpc) is 1.98. The van der Waals surface area contributed by atoms with Crippen molar-refractivity contribution in [3.05, 3.63) is 0 Å². The predicted octanol–water partition coefficient (Wildman–Crippen LogP) is 1.72. The van der Waals surface area contributed by atoms with Crippen molar-refractivity contribution >= 4 is 12.1 Å². The van der Waals surface area contributed by atoms with E-state index in [2.05, 4.69) is 0 Å². The molecule has 0 saturated heterocycles. The van der Waals surface area contributed by atoms with Gasteiger partial charge in [0.05, 0.1) is 6.42 Å². The number of aliphatic carboxylic acids is 1. The Bertz CT molecular complexity index is 244. The first-order valence-corrected chi connectivity index (χ1v) is 4.81. The van der Waals surface area contributed by atoms with Crippen LogP contribution >= 0.6 is 0 Å².